The summed E-state index contributed by atoms with van der Waals surface area (Å²) in [5.41, 5.74) is 1.05. The number of rotatable bonds is 8. The van der Waals surface area contributed by atoms with E-state index in [1.165, 1.54) is 12.1 Å². The van der Waals surface area contributed by atoms with Crippen molar-refractivity contribution in [1.29, 1.82) is 0 Å². The predicted octanol–water partition coefficient (Wildman–Crippen LogP) is 4.27. The Balaban J connectivity index is 1.74. The Morgan fingerprint density at radius 1 is 1.11 bits per heavy atom. The molecule has 2 aromatic carbocycles. The molecule has 3 amide bonds. The highest BCUT2D eigenvalue weighted by atomic mass is 32.2. The van der Waals surface area contributed by atoms with Crippen LogP contribution in [0.4, 0.5) is 14.9 Å². The van der Waals surface area contributed by atoms with E-state index in [2.05, 4.69) is 16.0 Å². The Kier molecular flexibility index (Phi) is 8.13. The summed E-state index contributed by atoms with van der Waals surface area (Å²) in [5.74, 6) is 0.391. The highest BCUT2D eigenvalue weighted by Gasteiger charge is 2.08. The van der Waals surface area contributed by atoms with Crippen molar-refractivity contribution >= 4 is 29.4 Å². The summed E-state index contributed by atoms with van der Waals surface area (Å²) in [6.07, 6.45) is 0.794. The third-order valence-electron chi connectivity index (χ3n) is 3.49. The van der Waals surface area contributed by atoms with Gasteiger partial charge in [-0.25, -0.2) is 9.18 Å². The van der Waals surface area contributed by atoms with Crippen LogP contribution in [0.5, 0.6) is 0 Å². The molecular weight excluding hydrogens is 365 g/mol. The monoisotopic (exact) mass is 389 g/mol. The topological polar surface area (TPSA) is 70.2 Å². The molecule has 0 fully saturated rings. The van der Waals surface area contributed by atoms with E-state index in [9.17, 15) is 14.0 Å². The van der Waals surface area contributed by atoms with Crippen LogP contribution < -0.4 is 16.0 Å². The first-order valence-corrected chi connectivity index (χ1v) is 9.77. The zero-order valence-corrected chi connectivity index (χ0v) is 16.2. The number of urea groups is 1. The minimum absolute atomic E-state index is 0.0317. The number of amides is 3. The zero-order valence-electron chi connectivity index (χ0n) is 15.4. The molecule has 0 heterocycles. The summed E-state index contributed by atoms with van der Waals surface area (Å²) < 4.78 is 12.9. The lowest BCUT2D eigenvalue weighted by atomic mass is 10.2. The summed E-state index contributed by atoms with van der Waals surface area (Å²) in [5, 5.41) is 8.30. The van der Waals surface area contributed by atoms with Crippen molar-refractivity contribution in [1.82, 2.24) is 10.6 Å². The van der Waals surface area contributed by atoms with Crippen molar-refractivity contribution in [2.45, 2.75) is 31.2 Å². The molecule has 3 N–H and O–H groups in total. The fourth-order valence-corrected chi connectivity index (χ4v) is 3.12. The van der Waals surface area contributed by atoms with Gasteiger partial charge in [0.25, 0.3) is 5.91 Å². The van der Waals surface area contributed by atoms with Crippen molar-refractivity contribution in [3.05, 3.63) is 59.9 Å². The van der Waals surface area contributed by atoms with Crippen molar-refractivity contribution < 1.29 is 14.0 Å². The second kappa shape index (κ2) is 10.6. The first kappa shape index (κ1) is 20.8. The molecule has 0 aromatic heterocycles. The van der Waals surface area contributed by atoms with Crippen LogP contribution in [0.2, 0.25) is 0 Å². The van der Waals surface area contributed by atoms with Crippen LogP contribution in [0.25, 0.3) is 0 Å². The van der Waals surface area contributed by atoms with Gasteiger partial charge in [-0.15, -0.1) is 11.8 Å². The first-order valence-electron chi connectivity index (χ1n) is 8.78. The lowest BCUT2D eigenvalue weighted by Gasteiger charge is -2.11. The maximum atomic E-state index is 12.9. The zero-order chi connectivity index (χ0) is 19.6. The number of carbonyl (C=O) groups is 2. The lowest BCUT2D eigenvalue weighted by molar-refractivity contribution is 0.0953. The molecule has 27 heavy (non-hydrogen) atoms. The second-order valence-electron chi connectivity index (χ2n) is 6.25. The maximum absolute atomic E-state index is 12.9. The van der Waals surface area contributed by atoms with E-state index in [0.29, 0.717) is 17.8 Å². The standard InChI is InChI=1S/C20H24FN3O2S/c1-14(2)23-20(26)24-17-6-3-5-15(13-17)19(25)22-11-4-12-27-18-9-7-16(21)8-10-18/h3,5-10,13-14H,4,11-12H2,1-2H3,(H,22,25)(H2,23,24,26). The van der Waals surface area contributed by atoms with Gasteiger partial charge in [-0.2, -0.15) is 0 Å². The second-order valence-corrected chi connectivity index (χ2v) is 7.41. The van der Waals surface area contributed by atoms with Crippen LogP contribution >= 0.6 is 11.8 Å². The van der Waals surface area contributed by atoms with E-state index in [-0.39, 0.29) is 23.8 Å². The van der Waals surface area contributed by atoms with Crippen LogP contribution in [-0.4, -0.2) is 30.3 Å². The van der Waals surface area contributed by atoms with Gasteiger partial charge < -0.3 is 16.0 Å². The van der Waals surface area contributed by atoms with Crippen molar-refractivity contribution in [2.24, 2.45) is 0 Å². The minimum atomic E-state index is -0.305. The molecular formula is C20H24FN3O2S. The predicted molar refractivity (Wildman–Crippen MR) is 108 cm³/mol. The third kappa shape index (κ3) is 7.70. The number of hydrogen-bond acceptors (Lipinski definition) is 3. The van der Waals surface area contributed by atoms with E-state index >= 15 is 0 Å². The van der Waals surface area contributed by atoms with Crippen molar-refractivity contribution in [3.8, 4) is 0 Å². The third-order valence-corrected chi connectivity index (χ3v) is 4.59. The highest BCUT2D eigenvalue weighted by molar-refractivity contribution is 7.99. The fraction of sp³-hybridized carbons (Fsp3) is 0.300. The van der Waals surface area contributed by atoms with Crippen LogP contribution in [-0.2, 0) is 0 Å². The number of halogens is 1. The first-order chi connectivity index (χ1) is 12.9. The Morgan fingerprint density at radius 3 is 2.56 bits per heavy atom. The van der Waals surface area contributed by atoms with Crippen LogP contribution in [0, 0.1) is 5.82 Å². The molecule has 0 saturated heterocycles. The molecule has 0 saturated carbocycles. The average Bonchev–Trinajstić information content (AvgIpc) is 2.62. The number of hydrogen-bond donors (Lipinski definition) is 3. The number of benzene rings is 2. The van der Waals surface area contributed by atoms with Crippen LogP contribution in [0.3, 0.4) is 0 Å². The van der Waals surface area contributed by atoms with E-state index < -0.39 is 0 Å². The largest absolute Gasteiger partial charge is 0.352 e. The maximum Gasteiger partial charge on any atom is 0.319 e. The van der Waals surface area contributed by atoms with Gasteiger partial charge >= 0.3 is 6.03 Å². The van der Waals surface area contributed by atoms with Gasteiger partial charge in [0.1, 0.15) is 5.82 Å². The normalized spacial score (nSPS) is 10.5. The van der Waals surface area contributed by atoms with Gasteiger partial charge in [-0.05, 0) is 68.5 Å². The molecule has 2 rings (SSSR count). The summed E-state index contributed by atoms with van der Waals surface area (Å²) in [6, 6.07) is 12.9. The SMILES string of the molecule is CC(C)NC(=O)Nc1cccc(C(=O)NCCCSc2ccc(F)cc2)c1. The molecule has 0 unspecified atom stereocenters. The number of carbonyl (C=O) groups excluding carboxylic acids is 2. The summed E-state index contributed by atoms with van der Waals surface area (Å²) in [6.45, 7) is 4.29. The van der Waals surface area contributed by atoms with Gasteiger partial charge in [-0.3, -0.25) is 4.79 Å². The van der Waals surface area contributed by atoms with E-state index in [1.807, 2.05) is 13.8 Å². The average molecular weight is 389 g/mol. The molecule has 7 heteroatoms. The summed E-state index contributed by atoms with van der Waals surface area (Å²) in [7, 11) is 0. The van der Waals surface area contributed by atoms with Crippen LogP contribution in [0.1, 0.15) is 30.6 Å². The van der Waals surface area contributed by atoms with E-state index in [0.717, 1.165) is 17.1 Å². The minimum Gasteiger partial charge on any atom is -0.352 e. The summed E-state index contributed by atoms with van der Waals surface area (Å²) >= 11 is 1.62. The highest BCUT2D eigenvalue weighted by Crippen LogP contribution is 2.18. The van der Waals surface area contributed by atoms with Gasteiger partial charge in [0, 0.05) is 28.7 Å². The quantitative estimate of drug-likeness (QED) is 0.466. The Hall–Kier alpha value is -2.54. The number of nitrogens with one attached hydrogen (secondary N) is 3. The lowest BCUT2D eigenvalue weighted by Crippen LogP contribution is -2.34. The molecule has 0 aliphatic carbocycles. The molecule has 0 radical (unpaired) electrons. The molecule has 0 aliphatic heterocycles. The van der Waals surface area contributed by atoms with Gasteiger partial charge in [0.2, 0.25) is 0 Å². The van der Waals surface area contributed by atoms with Gasteiger partial charge in [0.05, 0.1) is 0 Å². The van der Waals surface area contributed by atoms with Gasteiger partial charge in [-0.1, -0.05) is 6.07 Å². The van der Waals surface area contributed by atoms with Crippen molar-refractivity contribution in [2.75, 3.05) is 17.6 Å². The molecule has 0 atom stereocenters. The van der Waals surface area contributed by atoms with E-state index in [4.69, 9.17) is 0 Å². The molecule has 2 aromatic rings. The summed E-state index contributed by atoms with van der Waals surface area (Å²) in [4.78, 5) is 25.0. The molecule has 0 bridgehead atoms. The van der Waals surface area contributed by atoms with Crippen molar-refractivity contribution in [3.63, 3.8) is 0 Å². The Bertz CT molecular complexity index is 766. The smallest absolute Gasteiger partial charge is 0.319 e. The molecule has 144 valence electrons. The fourth-order valence-electron chi connectivity index (χ4n) is 2.26. The number of thioether (sulfide) groups is 1. The Labute approximate surface area is 163 Å². The molecule has 0 aliphatic rings. The van der Waals surface area contributed by atoms with Crippen LogP contribution in [0.15, 0.2) is 53.4 Å². The van der Waals surface area contributed by atoms with Gasteiger partial charge in [0.15, 0.2) is 0 Å². The molecule has 5 nitrogen and oxygen atoms in total. The number of anilines is 1. The molecule has 0 spiro atoms. The van der Waals surface area contributed by atoms with E-state index in [1.54, 1.807) is 48.2 Å². The Morgan fingerprint density at radius 2 is 1.85 bits per heavy atom.